The fraction of sp³-hybridized carbons (Fsp3) is 0.333. The highest BCUT2D eigenvalue weighted by atomic mass is 32.1. The Bertz CT molecular complexity index is 716. The van der Waals surface area contributed by atoms with Crippen molar-refractivity contribution in [2.75, 3.05) is 10.6 Å². The van der Waals surface area contributed by atoms with Gasteiger partial charge in [0.25, 0.3) is 0 Å². The van der Waals surface area contributed by atoms with Gasteiger partial charge in [-0.25, -0.2) is 9.78 Å². The molecule has 0 saturated heterocycles. The number of carbonyl (C=O) groups excluding carboxylic acids is 1. The van der Waals surface area contributed by atoms with Gasteiger partial charge in [-0.05, 0) is 30.2 Å². The Labute approximate surface area is 146 Å². The second-order valence-electron chi connectivity index (χ2n) is 5.50. The summed E-state index contributed by atoms with van der Waals surface area (Å²) in [5.41, 5.74) is 6.98. The van der Waals surface area contributed by atoms with E-state index < -0.39 is 12.4 Å². The van der Waals surface area contributed by atoms with Crippen LogP contribution < -0.4 is 21.1 Å². The molecular formula is C15H17F3N4O2S. The van der Waals surface area contributed by atoms with Gasteiger partial charge in [0, 0.05) is 11.1 Å². The van der Waals surface area contributed by atoms with Crippen molar-refractivity contribution in [3.8, 4) is 5.75 Å². The number of hydrogen-bond donors (Lipinski definition) is 3. The molecule has 0 spiro atoms. The van der Waals surface area contributed by atoms with Crippen molar-refractivity contribution in [1.82, 2.24) is 4.98 Å². The molecular weight excluding hydrogens is 357 g/mol. The molecule has 1 heterocycles. The van der Waals surface area contributed by atoms with Gasteiger partial charge in [0.2, 0.25) is 0 Å². The molecule has 0 fully saturated rings. The second kappa shape index (κ2) is 7.70. The van der Waals surface area contributed by atoms with Crippen LogP contribution in [0.2, 0.25) is 0 Å². The van der Waals surface area contributed by atoms with Crippen LogP contribution in [-0.2, 0) is 0 Å². The van der Waals surface area contributed by atoms with Crippen molar-refractivity contribution in [2.45, 2.75) is 26.3 Å². The molecule has 1 unspecified atom stereocenters. The first kappa shape index (κ1) is 19.0. The molecule has 1 aromatic heterocycles. The summed E-state index contributed by atoms with van der Waals surface area (Å²) in [6.07, 6.45) is -4.76. The smallest absolute Gasteiger partial charge is 0.406 e. The molecule has 4 N–H and O–H groups in total. The molecule has 25 heavy (non-hydrogen) atoms. The number of hydrogen-bond acceptors (Lipinski definition) is 5. The molecule has 2 rings (SSSR count). The van der Waals surface area contributed by atoms with Crippen LogP contribution in [0.4, 0.5) is 28.8 Å². The molecule has 0 radical (unpaired) electrons. The SMILES string of the molecule is CC(C)C(N)c1csc(NC(=O)Nc2ccc(OC(F)(F)F)cc2)n1. The van der Waals surface area contributed by atoms with E-state index in [1.165, 1.54) is 23.5 Å². The summed E-state index contributed by atoms with van der Waals surface area (Å²) in [6.45, 7) is 3.94. The van der Waals surface area contributed by atoms with E-state index in [1.54, 1.807) is 5.38 Å². The number of rotatable bonds is 5. The third kappa shape index (κ3) is 5.91. The minimum absolute atomic E-state index is 0.209. The minimum Gasteiger partial charge on any atom is -0.406 e. The van der Waals surface area contributed by atoms with E-state index in [4.69, 9.17) is 5.73 Å². The highest BCUT2D eigenvalue weighted by Gasteiger charge is 2.30. The summed E-state index contributed by atoms with van der Waals surface area (Å²) in [5, 5.41) is 7.18. The van der Waals surface area contributed by atoms with E-state index >= 15 is 0 Å². The van der Waals surface area contributed by atoms with Gasteiger partial charge in [-0.1, -0.05) is 13.8 Å². The van der Waals surface area contributed by atoms with Crippen molar-refractivity contribution < 1.29 is 22.7 Å². The van der Waals surface area contributed by atoms with E-state index in [0.29, 0.717) is 16.5 Å². The zero-order chi connectivity index (χ0) is 18.6. The molecule has 136 valence electrons. The molecule has 0 saturated carbocycles. The van der Waals surface area contributed by atoms with Crippen LogP contribution in [0, 0.1) is 5.92 Å². The normalized spacial score (nSPS) is 12.8. The van der Waals surface area contributed by atoms with Crippen LogP contribution in [0.3, 0.4) is 0 Å². The fourth-order valence-electron chi connectivity index (χ4n) is 1.84. The number of amides is 2. The number of anilines is 2. The molecule has 0 bridgehead atoms. The molecule has 1 atom stereocenters. The van der Waals surface area contributed by atoms with Gasteiger partial charge in [-0.3, -0.25) is 5.32 Å². The van der Waals surface area contributed by atoms with Gasteiger partial charge < -0.3 is 15.8 Å². The number of nitrogens with two attached hydrogens (primary N) is 1. The summed E-state index contributed by atoms with van der Waals surface area (Å²) < 4.78 is 40.0. The molecule has 1 aromatic carbocycles. The Balaban J connectivity index is 1.92. The molecule has 0 aliphatic carbocycles. The van der Waals surface area contributed by atoms with E-state index in [1.807, 2.05) is 13.8 Å². The maximum Gasteiger partial charge on any atom is 0.573 e. The van der Waals surface area contributed by atoms with Gasteiger partial charge in [0.05, 0.1) is 11.7 Å². The third-order valence-corrected chi connectivity index (χ3v) is 3.92. The molecule has 2 aromatic rings. The summed E-state index contributed by atoms with van der Waals surface area (Å²) >= 11 is 1.23. The monoisotopic (exact) mass is 374 g/mol. The van der Waals surface area contributed by atoms with Gasteiger partial charge in [-0.15, -0.1) is 24.5 Å². The van der Waals surface area contributed by atoms with Crippen LogP contribution in [0.15, 0.2) is 29.6 Å². The lowest BCUT2D eigenvalue weighted by Crippen LogP contribution is -2.20. The van der Waals surface area contributed by atoms with Gasteiger partial charge in [0.1, 0.15) is 5.75 Å². The Morgan fingerprint density at radius 1 is 1.24 bits per heavy atom. The maximum absolute atomic E-state index is 12.1. The second-order valence-corrected chi connectivity index (χ2v) is 6.36. The highest BCUT2D eigenvalue weighted by Crippen LogP contribution is 2.25. The average Bonchev–Trinajstić information content (AvgIpc) is 2.95. The van der Waals surface area contributed by atoms with Crippen molar-refractivity contribution in [1.29, 1.82) is 0 Å². The Kier molecular flexibility index (Phi) is 5.85. The molecule has 0 aliphatic heterocycles. The number of thiazole rings is 1. The lowest BCUT2D eigenvalue weighted by molar-refractivity contribution is -0.274. The lowest BCUT2D eigenvalue weighted by atomic mass is 10.0. The van der Waals surface area contributed by atoms with Gasteiger partial charge >= 0.3 is 12.4 Å². The molecule has 6 nitrogen and oxygen atoms in total. The topological polar surface area (TPSA) is 89.3 Å². The third-order valence-electron chi connectivity index (χ3n) is 3.15. The number of nitrogens with zero attached hydrogens (tertiary/aromatic N) is 1. The molecule has 10 heteroatoms. The quantitative estimate of drug-likeness (QED) is 0.726. The zero-order valence-electron chi connectivity index (χ0n) is 13.4. The number of carbonyl (C=O) groups is 1. The Morgan fingerprint density at radius 3 is 2.44 bits per heavy atom. The molecule has 0 aliphatic rings. The van der Waals surface area contributed by atoms with E-state index in [2.05, 4.69) is 20.4 Å². The van der Waals surface area contributed by atoms with E-state index in [9.17, 15) is 18.0 Å². The summed E-state index contributed by atoms with van der Waals surface area (Å²) in [6, 6.07) is 4.00. The number of benzene rings is 1. The van der Waals surface area contributed by atoms with Crippen LogP contribution in [0.1, 0.15) is 25.6 Å². The largest absolute Gasteiger partial charge is 0.573 e. The van der Waals surface area contributed by atoms with E-state index in [0.717, 1.165) is 12.1 Å². The first-order valence-corrected chi connectivity index (χ1v) is 8.17. The summed E-state index contributed by atoms with van der Waals surface area (Å²) in [5.74, 6) is -0.160. The Hall–Kier alpha value is -2.33. The van der Waals surface area contributed by atoms with Crippen molar-refractivity contribution in [3.05, 3.63) is 35.3 Å². The van der Waals surface area contributed by atoms with Crippen LogP contribution in [-0.4, -0.2) is 17.4 Å². The average molecular weight is 374 g/mol. The number of urea groups is 1. The first-order valence-electron chi connectivity index (χ1n) is 7.29. The number of nitrogens with one attached hydrogen (secondary N) is 2. The van der Waals surface area contributed by atoms with Gasteiger partial charge in [-0.2, -0.15) is 0 Å². The van der Waals surface area contributed by atoms with Crippen molar-refractivity contribution >= 4 is 28.2 Å². The standard InChI is InChI=1S/C15H17F3N4O2S/c1-8(2)12(19)11-7-25-14(21-11)22-13(23)20-9-3-5-10(6-4-9)24-15(16,17)18/h3-8,12H,19H2,1-2H3,(H2,20,21,22,23). The van der Waals surface area contributed by atoms with Crippen molar-refractivity contribution in [3.63, 3.8) is 0 Å². The minimum atomic E-state index is -4.76. The van der Waals surface area contributed by atoms with Crippen LogP contribution in [0.5, 0.6) is 5.75 Å². The predicted octanol–water partition coefficient (Wildman–Crippen LogP) is 4.34. The molecule has 2 amide bonds. The number of ether oxygens (including phenoxy) is 1. The van der Waals surface area contributed by atoms with Crippen LogP contribution in [0.25, 0.3) is 0 Å². The summed E-state index contributed by atoms with van der Waals surface area (Å²) in [4.78, 5) is 16.2. The van der Waals surface area contributed by atoms with Gasteiger partial charge in [0.15, 0.2) is 5.13 Å². The first-order chi connectivity index (χ1) is 11.6. The lowest BCUT2D eigenvalue weighted by Gasteiger charge is -2.12. The predicted molar refractivity (Wildman–Crippen MR) is 89.6 cm³/mol. The highest BCUT2D eigenvalue weighted by molar-refractivity contribution is 7.13. The number of halogens is 3. The van der Waals surface area contributed by atoms with Crippen molar-refractivity contribution in [2.24, 2.45) is 11.7 Å². The zero-order valence-corrected chi connectivity index (χ0v) is 14.2. The number of aromatic nitrogens is 1. The number of alkyl halides is 3. The fourth-order valence-corrected chi connectivity index (χ4v) is 2.59. The maximum atomic E-state index is 12.1. The Morgan fingerprint density at radius 2 is 1.88 bits per heavy atom. The summed E-state index contributed by atoms with van der Waals surface area (Å²) in [7, 11) is 0. The van der Waals surface area contributed by atoms with Crippen LogP contribution >= 0.6 is 11.3 Å². The van der Waals surface area contributed by atoms with E-state index in [-0.39, 0.29) is 17.7 Å².